The standard InChI is InChI=1S/C40H44O4P2/c1-24-16-18-33(19-17-24)38(34-22-25(2)20-29(6)39(34)43-45-41-36-14-10-12-27(4)31(36)8)35-23-26(3)21-30(7)40(35)44-46-42-37-15-11-13-28(5)32(37)9/h10-23,38,45-46H,1-9H3. The summed E-state index contributed by atoms with van der Waals surface area (Å²) in [5, 5.41) is 0. The number of benzene rings is 5. The van der Waals surface area contributed by atoms with Crippen molar-refractivity contribution in [3.8, 4) is 23.0 Å². The monoisotopic (exact) mass is 650 g/mol. The van der Waals surface area contributed by atoms with E-state index in [4.69, 9.17) is 18.1 Å². The Balaban J connectivity index is 1.57. The summed E-state index contributed by atoms with van der Waals surface area (Å²) in [6.45, 7) is 19.0. The first kappa shape index (κ1) is 33.5. The highest BCUT2D eigenvalue weighted by molar-refractivity contribution is 7.27. The molecule has 5 rings (SSSR count). The third kappa shape index (κ3) is 7.58. The molecular weight excluding hydrogens is 606 g/mol. The van der Waals surface area contributed by atoms with Crippen LogP contribution in [-0.4, -0.2) is 0 Å². The van der Waals surface area contributed by atoms with Gasteiger partial charge in [-0.05, 0) is 113 Å². The first-order chi connectivity index (χ1) is 22.0. The van der Waals surface area contributed by atoms with Gasteiger partial charge in [-0.2, -0.15) is 0 Å². The molecule has 0 aliphatic carbocycles. The second kappa shape index (κ2) is 14.7. The SMILES string of the molecule is Cc1ccc(C(c2cc(C)cc(C)c2OPOc2cccc(C)c2C)c2cc(C)cc(C)c2OPOc2cccc(C)c2C)cc1. The van der Waals surface area contributed by atoms with E-state index in [-0.39, 0.29) is 24.0 Å². The summed E-state index contributed by atoms with van der Waals surface area (Å²) in [4.78, 5) is 0. The van der Waals surface area contributed by atoms with Gasteiger partial charge in [0.05, 0.1) is 0 Å². The molecule has 0 bridgehead atoms. The molecule has 0 spiro atoms. The fourth-order valence-corrected chi connectivity index (χ4v) is 7.28. The third-order valence-electron chi connectivity index (χ3n) is 8.63. The van der Waals surface area contributed by atoms with Gasteiger partial charge in [0.25, 0.3) is 18.1 Å². The second-order valence-corrected chi connectivity index (χ2v) is 13.5. The highest BCUT2D eigenvalue weighted by Crippen LogP contribution is 2.47. The van der Waals surface area contributed by atoms with Gasteiger partial charge in [0.2, 0.25) is 0 Å². The van der Waals surface area contributed by atoms with Crippen LogP contribution in [0.3, 0.4) is 0 Å². The average molecular weight is 651 g/mol. The van der Waals surface area contributed by atoms with Crippen LogP contribution in [0, 0.1) is 62.3 Å². The minimum atomic E-state index is -0.200. The van der Waals surface area contributed by atoms with Gasteiger partial charge in [0.15, 0.2) is 0 Å². The maximum absolute atomic E-state index is 6.57. The summed E-state index contributed by atoms with van der Waals surface area (Å²) in [5.74, 6) is 3.20. The zero-order valence-electron chi connectivity index (χ0n) is 28.3. The number of hydrogen-bond donors (Lipinski definition) is 0. The lowest BCUT2D eigenvalue weighted by Gasteiger charge is -2.26. The van der Waals surface area contributed by atoms with Crippen molar-refractivity contribution in [3.05, 3.63) is 152 Å². The molecule has 0 amide bonds. The average Bonchev–Trinajstić information content (AvgIpc) is 3.00. The van der Waals surface area contributed by atoms with Crippen LogP contribution in [0.4, 0.5) is 0 Å². The van der Waals surface area contributed by atoms with E-state index in [1.807, 2.05) is 24.3 Å². The molecule has 5 aromatic carbocycles. The van der Waals surface area contributed by atoms with E-state index in [1.54, 1.807) is 0 Å². The number of hydrogen-bond acceptors (Lipinski definition) is 4. The highest BCUT2D eigenvalue weighted by Gasteiger charge is 2.27. The van der Waals surface area contributed by atoms with Gasteiger partial charge in [-0.1, -0.05) is 89.5 Å². The molecule has 2 atom stereocenters. The summed E-state index contributed by atoms with van der Waals surface area (Å²) < 4.78 is 25.6. The first-order valence-corrected chi connectivity index (χ1v) is 17.3. The molecule has 238 valence electrons. The molecule has 0 fully saturated rings. The molecule has 6 heteroatoms. The fourth-order valence-electron chi connectivity index (χ4n) is 5.85. The van der Waals surface area contributed by atoms with Crippen LogP contribution in [0.5, 0.6) is 23.0 Å². The quantitative estimate of drug-likeness (QED) is 0.105. The highest BCUT2D eigenvalue weighted by atomic mass is 31.1. The Kier molecular flexibility index (Phi) is 10.7. The van der Waals surface area contributed by atoms with Crippen molar-refractivity contribution in [2.45, 2.75) is 68.2 Å². The van der Waals surface area contributed by atoms with Crippen molar-refractivity contribution in [2.24, 2.45) is 0 Å². The topological polar surface area (TPSA) is 36.9 Å². The molecule has 5 aromatic rings. The molecule has 0 saturated heterocycles. The molecule has 2 unspecified atom stereocenters. The lowest BCUT2D eigenvalue weighted by molar-refractivity contribution is 0.501. The van der Waals surface area contributed by atoms with Gasteiger partial charge in [0.1, 0.15) is 23.0 Å². The Morgan fingerprint density at radius 3 is 1.30 bits per heavy atom. The summed E-state index contributed by atoms with van der Waals surface area (Å²) in [7, 11) is -0.400. The lowest BCUT2D eigenvalue weighted by Crippen LogP contribution is -2.09. The Bertz CT molecular complexity index is 1730. The predicted octanol–water partition coefficient (Wildman–Crippen LogP) is 11.6. The second-order valence-electron chi connectivity index (χ2n) is 12.3. The Morgan fingerprint density at radius 2 is 0.870 bits per heavy atom. The van der Waals surface area contributed by atoms with Crippen molar-refractivity contribution in [2.75, 3.05) is 0 Å². The first-order valence-electron chi connectivity index (χ1n) is 15.6. The summed E-state index contributed by atoms with van der Waals surface area (Å²) in [5.41, 5.74) is 13.6. The van der Waals surface area contributed by atoms with Crippen LogP contribution in [0.15, 0.2) is 84.9 Å². The van der Waals surface area contributed by atoms with Gasteiger partial charge in [-0.15, -0.1) is 0 Å². The van der Waals surface area contributed by atoms with E-state index in [9.17, 15) is 0 Å². The normalized spacial score (nSPS) is 12.2. The predicted molar refractivity (Wildman–Crippen MR) is 195 cm³/mol. The van der Waals surface area contributed by atoms with Gasteiger partial charge in [-0.3, -0.25) is 0 Å². The molecule has 0 heterocycles. The Labute approximate surface area is 278 Å². The van der Waals surface area contributed by atoms with Crippen LogP contribution < -0.4 is 18.1 Å². The molecular formula is C40H44O4P2. The van der Waals surface area contributed by atoms with Crippen molar-refractivity contribution in [3.63, 3.8) is 0 Å². The molecule has 0 aromatic heterocycles. The van der Waals surface area contributed by atoms with Crippen molar-refractivity contribution in [1.29, 1.82) is 0 Å². The Morgan fingerprint density at radius 1 is 0.435 bits per heavy atom. The van der Waals surface area contributed by atoms with E-state index < -0.39 is 0 Å². The molecule has 0 N–H and O–H groups in total. The van der Waals surface area contributed by atoms with Crippen LogP contribution in [0.25, 0.3) is 0 Å². The molecule has 0 aliphatic heterocycles. The van der Waals surface area contributed by atoms with Gasteiger partial charge < -0.3 is 18.1 Å². The molecule has 4 nitrogen and oxygen atoms in total. The summed E-state index contributed by atoms with van der Waals surface area (Å²) in [6.07, 6.45) is 0. The van der Waals surface area contributed by atoms with Gasteiger partial charge >= 0.3 is 0 Å². The zero-order chi connectivity index (χ0) is 33.0. The van der Waals surface area contributed by atoms with E-state index in [0.717, 1.165) is 61.9 Å². The number of aryl methyl sites for hydroxylation is 7. The lowest BCUT2D eigenvalue weighted by atomic mass is 9.81. The van der Waals surface area contributed by atoms with Crippen LogP contribution >= 0.6 is 18.1 Å². The molecule has 46 heavy (non-hydrogen) atoms. The third-order valence-corrected chi connectivity index (χ3v) is 9.81. The van der Waals surface area contributed by atoms with Gasteiger partial charge in [-0.25, -0.2) is 0 Å². The largest absolute Gasteiger partial charge is 0.440 e. The smallest absolute Gasteiger partial charge is 0.275 e. The maximum Gasteiger partial charge on any atom is 0.275 e. The minimum absolute atomic E-state index is 0.154. The van der Waals surface area contributed by atoms with Crippen molar-refractivity contribution >= 4 is 18.1 Å². The van der Waals surface area contributed by atoms with E-state index in [0.29, 0.717) is 0 Å². The Hall–Kier alpha value is -3.84. The molecule has 0 saturated carbocycles. The summed E-state index contributed by atoms with van der Waals surface area (Å²) >= 11 is 0. The minimum Gasteiger partial charge on any atom is -0.440 e. The molecule has 0 radical (unpaired) electrons. The molecule has 0 aliphatic rings. The van der Waals surface area contributed by atoms with Crippen molar-refractivity contribution < 1.29 is 18.1 Å². The van der Waals surface area contributed by atoms with Crippen LogP contribution in [0.1, 0.15) is 72.7 Å². The maximum atomic E-state index is 6.57. The van der Waals surface area contributed by atoms with E-state index >= 15 is 0 Å². The van der Waals surface area contributed by atoms with Crippen molar-refractivity contribution in [1.82, 2.24) is 0 Å². The van der Waals surface area contributed by atoms with Gasteiger partial charge in [0, 0.05) is 17.0 Å². The van der Waals surface area contributed by atoms with E-state index in [2.05, 4.69) is 123 Å². The fraction of sp³-hybridized carbons (Fsp3) is 0.250. The van der Waals surface area contributed by atoms with Crippen LogP contribution in [-0.2, 0) is 0 Å². The number of rotatable bonds is 11. The van der Waals surface area contributed by atoms with Crippen LogP contribution in [0.2, 0.25) is 0 Å². The summed E-state index contributed by atoms with van der Waals surface area (Å²) in [6, 6.07) is 29.8. The zero-order valence-corrected chi connectivity index (χ0v) is 30.3. The van der Waals surface area contributed by atoms with E-state index in [1.165, 1.54) is 27.8 Å².